The minimum Gasteiger partial charge on any atom is -0.400 e. The van der Waals surface area contributed by atoms with Gasteiger partial charge in [-0.3, -0.25) is 9.59 Å². The van der Waals surface area contributed by atoms with Crippen LogP contribution in [0.15, 0.2) is 11.6 Å². The van der Waals surface area contributed by atoms with Crippen LogP contribution < -0.4 is 0 Å². The van der Waals surface area contributed by atoms with Crippen LogP contribution in [0.4, 0.5) is 13.2 Å². The maximum absolute atomic E-state index is 13.7. The average molecular weight is 501 g/mol. The highest BCUT2D eigenvalue weighted by molar-refractivity contribution is 6.35. The summed E-state index contributed by atoms with van der Waals surface area (Å²) in [5.41, 5.74) is -0.240. The summed E-state index contributed by atoms with van der Waals surface area (Å²) in [6.07, 6.45) is 4.31. The first-order valence-electron chi connectivity index (χ1n) is 11.5. The Morgan fingerprint density at radius 1 is 1.15 bits per heavy atom. The molecule has 2 saturated carbocycles. The van der Waals surface area contributed by atoms with Gasteiger partial charge >= 0.3 is 6.18 Å². The molecular weight excluding hydrogens is 473 g/mol. The Morgan fingerprint density at radius 2 is 1.82 bits per heavy atom. The van der Waals surface area contributed by atoms with Gasteiger partial charge in [-0.2, -0.15) is 18.3 Å². The van der Waals surface area contributed by atoms with Crippen LogP contribution in [0.3, 0.4) is 0 Å². The van der Waals surface area contributed by atoms with E-state index < -0.39 is 17.8 Å². The van der Waals surface area contributed by atoms with Gasteiger partial charge in [0.05, 0.1) is 10.7 Å². The Balaban J connectivity index is 0.00000133. The van der Waals surface area contributed by atoms with E-state index in [1.165, 1.54) is 4.90 Å². The number of aliphatic hydroxyl groups is 1. The molecule has 11 heteroatoms. The fourth-order valence-corrected chi connectivity index (χ4v) is 5.23. The van der Waals surface area contributed by atoms with Gasteiger partial charge < -0.3 is 14.9 Å². The number of fused-ring (bicyclic) bond motifs is 1. The molecule has 7 nitrogen and oxygen atoms in total. The number of hydrogen-bond acceptors (Lipinski definition) is 4. The van der Waals surface area contributed by atoms with E-state index in [1.54, 1.807) is 6.08 Å². The van der Waals surface area contributed by atoms with Crippen molar-refractivity contribution in [2.45, 2.75) is 57.2 Å². The van der Waals surface area contributed by atoms with E-state index in [4.69, 9.17) is 16.7 Å². The number of alkyl halides is 3. The van der Waals surface area contributed by atoms with Crippen molar-refractivity contribution in [3.8, 4) is 0 Å². The van der Waals surface area contributed by atoms with Gasteiger partial charge in [0.2, 0.25) is 5.91 Å². The van der Waals surface area contributed by atoms with Gasteiger partial charge in [-0.15, -0.1) is 0 Å². The van der Waals surface area contributed by atoms with Crippen LogP contribution in [0.5, 0.6) is 0 Å². The highest BCUT2D eigenvalue weighted by Crippen LogP contribution is 2.44. The largest absolute Gasteiger partial charge is 0.433 e. The summed E-state index contributed by atoms with van der Waals surface area (Å²) in [4.78, 5) is 29.0. The number of hydrogen-bond donors (Lipinski definition) is 1. The number of amides is 2. The molecule has 186 valence electrons. The second kappa shape index (κ2) is 9.73. The summed E-state index contributed by atoms with van der Waals surface area (Å²) in [5, 5.41) is 10.9. The van der Waals surface area contributed by atoms with Crippen LogP contribution in [-0.2, 0) is 4.79 Å². The zero-order valence-electron chi connectivity index (χ0n) is 18.9. The molecule has 2 aliphatic heterocycles. The molecule has 0 bridgehead atoms. The maximum Gasteiger partial charge on any atom is 0.433 e. The topological polar surface area (TPSA) is 78.7 Å². The van der Waals surface area contributed by atoms with Gasteiger partial charge in [-0.25, -0.2) is 4.68 Å². The second-order valence-corrected chi connectivity index (χ2v) is 9.37. The van der Waals surface area contributed by atoms with E-state index in [0.29, 0.717) is 13.1 Å². The lowest BCUT2D eigenvalue weighted by Crippen LogP contribution is -2.55. The van der Waals surface area contributed by atoms with Crippen molar-refractivity contribution in [2.75, 3.05) is 26.7 Å². The van der Waals surface area contributed by atoms with Crippen LogP contribution in [-0.4, -0.2) is 75.5 Å². The van der Waals surface area contributed by atoms with Crippen LogP contribution >= 0.6 is 11.6 Å². The number of carbonyl (C=O) groups is 2. The molecule has 5 rings (SSSR count). The molecule has 34 heavy (non-hydrogen) atoms. The van der Waals surface area contributed by atoms with Crippen molar-refractivity contribution in [3.05, 3.63) is 28.1 Å². The molecule has 0 spiro atoms. The van der Waals surface area contributed by atoms with E-state index in [0.717, 1.165) is 62.0 Å². The van der Waals surface area contributed by atoms with Crippen molar-refractivity contribution in [3.63, 3.8) is 0 Å². The van der Waals surface area contributed by atoms with Crippen molar-refractivity contribution in [1.29, 1.82) is 0 Å². The fraction of sp³-hybridized carbons (Fsp3) is 0.609. The monoisotopic (exact) mass is 500 g/mol. The number of piperazine rings is 1. The summed E-state index contributed by atoms with van der Waals surface area (Å²) in [6, 6.07) is 0.220. The van der Waals surface area contributed by atoms with Crippen LogP contribution in [0, 0.1) is 5.92 Å². The molecule has 2 aliphatic carbocycles. The predicted octanol–water partition coefficient (Wildman–Crippen LogP) is 3.97. The SMILES string of the molecule is CO.O=C(c1nn2c(c1Cl)C=C(C1CC1)CC=C2C(F)(F)F)N1CCN(C2CCCC2)C(=O)C1. The first-order valence-corrected chi connectivity index (χ1v) is 11.9. The van der Waals surface area contributed by atoms with Gasteiger partial charge in [0.15, 0.2) is 5.69 Å². The van der Waals surface area contributed by atoms with Gasteiger partial charge in [0, 0.05) is 26.2 Å². The number of allylic oxidation sites excluding steroid dienone is 3. The van der Waals surface area contributed by atoms with Crippen LogP contribution in [0.1, 0.15) is 61.1 Å². The van der Waals surface area contributed by atoms with Gasteiger partial charge in [-0.05, 0) is 50.2 Å². The molecule has 0 radical (unpaired) electrons. The third-order valence-electron chi connectivity index (χ3n) is 6.85. The molecule has 1 aromatic heterocycles. The Labute approximate surface area is 200 Å². The highest BCUT2D eigenvalue weighted by atomic mass is 35.5. The zero-order chi connectivity index (χ0) is 24.6. The van der Waals surface area contributed by atoms with E-state index in [2.05, 4.69) is 5.10 Å². The summed E-state index contributed by atoms with van der Waals surface area (Å²) in [7, 11) is 1.00. The fourth-order valence-electron chi connectivity index (χ4n) is 4.98. The summed E-state index contributed by atoms with van der Waals surface area (Å²) in [5.74, 6) is -0.503. The lowest BCUT2D eigenvalue weighted by atomic mass is 10.1. The van der Waals surface area contributed by atoms with Crippen molar-refractivity contribution in [2.24, 2.45) is 5.92 Å². The lowest BCUT2D eigenvalue weighted by Gasteiger charge is -2.37. The first-order chi connectivity index (χ1) is 16.2. The number of halogens is 4. The molecule has 1 N–H and O–H groups in total. The maximum atomic E-state index is 13.7. The third-order valence-corrected chi connectivity index (χ3v) is 7.22. The van der Waals surface area contributed by atoms with Crippen LogP contribution in [0.2, 0.25) is 5.02 Å². The summed E-state index contributed by atoms with van der Waals surface area (Å²) < 4.78 is 42.0. The van der Waals surface area contributed by atoms with Crippen molar-refractivity contribution in [1.82, 2.24) is 19.6 Å². The standard InChI is InChI=1S/C22H24ClF3N4O2.CH4O/c23-19-16-11-14(13-5-6-13)7-8-17(22(24,25)26)30(16)27-20(19)21(32)28-9-10-29(18(31)12-28)15-3-1-2-4-15;1-2/h8,11,13,15H,1-7,9-10,12H2;2H,1H3. The molecule has 0 atom stereocenters. The van der Waals surface area contributed by atoms with E-state index in [1.807, 2.05) is 4.90 Å². The Hall–Kier alpha value is -2.33. The van der Waals surface area contributed by atoms with Crippen molar-refractivity contribution < 1.29 is 27.9 Å². The van der Waals surface area contributed by atoms with Crippen molar-refractivity contribution >= 4 is 35.2 Å². The van der Waals surface area contributed by atoms with E-state index >= 15 is 0 Å². The molecule has 4 aliphatic rings. The van der Waals surface area contributed by atoms with Gasteiger partial charge in [-0.1, -0.05) is 30.0 Å². The Morgan fingerprint density at radius 3 is 2.41 bits per heavy atom. The number of rotatable bonds is 3. The number of aliphatic hydroxyl groups excluding tert-OH is 1. The minimum atomic E-state index is -4.64. The Kier molecular flexibility index (Phi) is 7.09. The van der Waals surface area contributed by atoms with Crippen LogP contribution in [0.25, 0.3) is 11.8 Å². The summed E-state index contributed by atoms with van der Waals surface area (Å²) in [6.45, 7) is 0.615. The Bertz CT molecular complexity index is 1020. The molecule has 3 fully saturated rings. The quantitative estimate of drug-likeness (QED) is 0.681. The zero-order valence-corrected chi connectivity index (χ0v) is 19.7. The predicted molar refractivity (Wildman–Crippen MR) is 121 cm³/mol. The van der Waals surface area contributed by atoms with Gasteiger partial charge in [0.25, 0.3) is 5.91 Å². The minimum absolute atomic E-state index is 0.0777. The van der Waals surface area contributed by atoms with E-state index in [9.17, 15) is 22.8 Å². The van der Waals surface area contributed by atoms with Gasteiger partial charge in [0.1, 0.15) is 12.2 Å². The molecule has 0 unspecified atom stereocenters. The normalized spacial score (nSPS) is 21.4. The number of nitrogens with zero attached hydrogens (tertiary/aromatic N) is 4. The smallest absolute Gasteiger partial charge is 0.400 e. The lowest BCUT2D eigenvalue weighted by molar-refractivity contribution is -0.137. The molecule has 2 amide bonds. The molecular formula is C23H28ClF3N4O3. The summed E-state index contributed by atoms with van der Waals surface area (Å²) >= 11 is 6.44. The highest BCUT2D eigenvalue weighted by Gasteiger charge is 2.41. The third kappa shape index (κ3) is 4.75. The first kappa shape index (κ1) is 24.8. The number of aromatic nitrogens is 2. The average Bonchev–Trinajstić information content (AvgIpc) is 3.47. The molecule has 0 aromatic carbocycles. The molecule has 3 heterocycles. The van der Waals surface area contributed by atoms with E-state index in [-0.39, 0.29) is 47.2 Å². The second-order valence-electron chi connectivity index (χ2n) is 9.00. The molecule has 1 aromatic rings. The number of carbonyl (C=O) groups excluding carboxylic acids is 2. The molecule has 1 saturated heterocycles.